The van der Waals surface area contributed by atoms with Gasteiger partial charge < -0.3 is 11.1 Å². The summed E-state index contributed by atoms with van der Waals surface area (Å²) in [6, 6.07) is 11.9. The Balaban J connectivity index is 1.82. The van der Waals surface area contributed by atoms with Crippen molar-refractivity contribution in [2.24, 2.45) is 5.92 Å². The van der Waals surface area contributed by atoms with Crippen molar-refractivity contribution in [1.82, 2.24) is 5.32 Å². The molecule has 2 aromatic rings. The Bertz CT molecular complexity index is 659. The van der Waals surface area contributed by atoms with Crippen molar-refractivity contribution in [3.05, 3.63) is 42.0 Å². The molecular weight excluding hydrogens is 260 g/mol. The number of nitrogens with two attached hydrogens (primary N) is 1. The minimum absolute atomic E-state index is 0.0577. The van der Waals surface area contributed by atoms with Crippen LogP contribution in [0.3, 0.4) is 0 Å². The zero-order valence-corrected chi connectivity index (χ0v) is 12.4. The lowest BCUT2D eigenvalue weighted by atomic mass is 9.99. The first-order valence-corrected chi connectivity index (χ1v) is 7.74. The monoisotopic (exact) mass is 282 g/mol. The predicted octanol–water partition coefficient (Wildman–Crippen LogP) is 3.73. The van der Waals surface area contributed by atoms with Gasteiger partial charge in [0.1, 0.15) is 0 Å². The van der Waals surface area contributed by atoms with E-state index in [0.29, 0.717) is 17.2 Å². The molecule has 0 aliphatic heterocycles. The van der Waals surface area contributed by atoms with Crippen LogP contribution in [0.5, 0.6) is 0 Å². The second kappa shape index (κ2) is 5.76. The highest BCUT2D eigenvalue weighted by molar-refractivity contribution is 6.04. The van der Waals surface area contributed by atoms with E-state index in [1.165, 1.54) is 25.7 Å². The van der Waals surface area contributed by atoms with Crippen LogP contribution in [-0.2, 0) is 0 Å². The summed E-state index contributed by atoms with van der Waals surface area (Å²) in [5.41, 5.74) is 7.18. The quantitative estimate of drug-likeness (QED) is 0.843. The van der Waals surface area contributed by atoms with Crippen LogP contribution in [0.25, 0.3) is 10.8 Å². The predicted molar refractivity (Wildman–Crippen MR) is 87.2 cm³/mol. The SMILES string of the molecule is CC(NC(=O)c1cc2ccccc2cc1N)C1CCCC1. The smallest absolute Gasteiger partial charge is 0.253 e. The van der Waals surface area contributed by atoms with E-state index in [1.54, 1.807) is 0 Å². The van der Waals surface area contributed by atoms with Gasteiger partial charge in [-0.1, -0.05) is 37.1 Å². The maximum atomic E-state index is 12.5. The van der Waals surface area contributed by atoms with E-state index in [2.05, 4.69) is 12.2 Å². The minimum Gasteiger partial charge on any atom is -0.398 e. The molecule has 3 nitrogen and oxygen atoms in total. The first kappa shape index (κ1) is 13.9. The second-order valence-corrected chi connectivity index (χ2v) is 6.09. The Morgan fingerprint density at radius 3 is 2.48 bits per heavy atom. The van der Waals surface area contributed by atoms with Gasteiger partial charge in [0, 0.05) is 11.7 Å². The summed E-state index contributed by atoms with van der Waals surface area (Å²) in [5.74, 6) is 0.549. The van der Waals surface area contributed by atoms with Crippen LogP contribution in [-0.4, -0.2) is 11.9 Å². The van der Waals surface area contributed by atoms with Gasteiger partial charge >= 0.3 is 0 Å². The molecule has 0 radical (unpaired) electrons. The molecule has 0 heterocycles. The Labute approximate surface area is 125 Å². The molecule has 3 heteroatoms. The zero-order valence-electron chi connectivity index (χ0n) is 12.4. The minimum atomic E-state index is -0.0577. The van der Waals surface area contributed by atoms with Gasteiger partial charge in [0.25, 0.3) is 5.91 Å². The number of anilines is 1. The summed E-state index contributed by atoms with van der Waals surface area (Å²) in [4.78, 5) is 12.5. The van der Waals surface area contributed by atoms with Crippen LogP contribution in [0.2, 0.25) is 0 Å². The van der Waals surface area contributed by atoms with Gasteiger partial charge in [-0.15, -0.1) is 0 Å². The van der Waals surface area contributed by atoms with Gasteiger partial charge in [0.05, 0.1) is 5.56 Å². The molecule has 1 aliphatic carbocycles. The van der Waals surface area contributed by atoms with Crippen LogP contribution >= 0.6 is 0 Å². The third-order valence-corrected chi connectivity index (χ3v) is 4.63. The number of hydrogen-bond donors (Lipinski definition) is 2. The summed E-state index contributed by atoms with van der Waals surface area (Å²) in [5, 5.41) is 5.24. The average molecular weight is 282 g/mol. The molecule has 0 spiro atoms. The Kier molecular flexibility index (Phi) is 3.82. The summed E-state index contributed by atoms with van der Waals surface area (Å²) in [6.07, 6.45) is 5.00. The van der Waals surface area contributed by atoms with Gasteiger partial charge in [-0.25, -0.2) is 0 Å². The van der Waals surface area contributed by atoms with Gasteiger partial charge in [-0.05, 0) is 48.6 Å². The number of nitrogens with one attached hydrogen (secondary N) is 1. The van der Waals surface area contributed by atoms with Crippen molar-refractivity contribution in [1.29, 1.82) is 0 Å². The fourth-order valence-electron chi connectivity index (χ4n) is 3.31. The lowest BCUT2D eigenvalue weighted by Crippen LogP contribution is -2.37. The fraction of sp³-hybridized carbons (Fsp3) is 0.389. The lowest BCUT2D eigenvalue weighted by molar-refractivity contribution is 0.0928. The van der Waals surface area contributed by atoms with Crippen LogP contribution in [0.4, 0.5) is 5.69 Å². The molecule has 110 valence electrons. The third kappa shape index (κ3) is 2.87. The largest absolute Gasteiger partial charge is 0.398 e. The number of carbonyl (C=O) groups excluding carboxylic acids is 1. The number of carbonyl (C=O) groups is 1. The highest BCUT2D eigenvalue weighted by Crippen LogP contribution is 2.28. The Morgan fingerprint density at radius 2 is 1.81 bits per heavy atom. The zero-order chi connectivity index (χ0) is 14.8. The molecule has 2 aromatic carbocycles. The molecule has 0 saturated heterocycles. The second-order valence-electron chi connectivity index (χ2n) is 6.09. The van der Waals surface area contributed by atoms with Gasteiger partial charge in [-0.2, -0.15) is 0 Å². The van der Waals surface area contributed by atoms with E-state index in [1.807, 2.05) is 36.4 Å². The summed E-state index contributed by atoms with van der Waals surface area (Å²) < 4.78 is 0. The summed E-state index contributed by atoms with van der Waals surface area (Å²) in [7, 11) is 0. The molecule has 1 amide bonds. The topological polar surface area (TPSA) is 55.1 Å². The van der Waals surface area contributed by atoms with Crippen LogP contribution in [0.1, 0.15) is 43.0 Å². The highest BCUT2D eigenvalue weighted by Gasteiger charge is 2.23. The first-order valence-electron chi connectivity index (χ1n) is 7.74. The van der Waals surface area contributed by atoms with E-state index in [4.69, 9.17) is 5.73 Å². The van der Waals surface area contributed by atoms with Gasteiger partial charge in [-0.3, -0.25) is 4.79 Å². The molecular formula is C18H22N2O. The summed E-state index contributed by atoms with van der Waals surface area (Å²) in [6.45, 7) is 2.10. The molecule has 1 aliphatic rings. The fourth-order valence-corrected chi connectivity index (χ4v) is 3.31. The molecule has 1 fully saturated rings. The molecule has 21 heavy (non-hydrogen) atoms. The van der Waals surface area contributed by atoms with E-state index >= 15 is 0 Å². The first-order chi connectivity index (χ1) is 10.1. The highest BCUT2D eigenvalue weighted by atomic mass is 16.1. The number of hydrogen-bond acceptors (Lipinski definition) is 2. The molecule has 0 bridgehead atoms. The molecule has 1 atom stereocenters. The number of rotatable bonds is 3. The van der Waals surface area contributed by atoms with Gasteiger partial charge in [0.2, 0.25) is 0 Å². The molecule has 3 N–H and O–H groups in total. The van der Waals surface area contributed by atoms with Crippen molar-refractivity contribution in [2.45, 2.75) is 38.6 Å². The number of fused-ring (bicyclic) bond motifs is 1. The van der Waals surface area contributed by atoms with E-state index in [-0.39, 0.29) is 11.9 Å². The van der Waals surface area contributed by atoms with Crippen molar-refractivity contribution < 1.29 is 4.79 Å². The van der Waals surface area contributed by atoms with Crippen LogP contribution in [0.15, 0.2) is 36.4 Å². The summed E-state index contributed by atoms with van der Waals surface area (Å²) >= 11 is 0. The van der Waals surface area contributed by atoms with Crippen LogP contribution < -0.4 is 11.1 Å². The molecule has 0 aromatic heterocycles. The molecule has 1 saturated carbocycles. The standard InChI is InChI=1S/C18H22N2O/c1-12(13-6-2-3-7-13)20-18(21)16-10-14-8-4-5-9-15(14)11-17(16)19/h4-5,8-13H,2-3,6-7,19H2,1H3,(H,20,21). The molecule has 1 unspecified atom stereocenters. The Hall–Kier alpha value is -2.03. The number of nitrogen functional groups attached to an aromatic ring is 1. The van der Waals surface area contributed by atoms with Crippen molar-refractivity contribution in [3.63, 3.8) is 0 Å². The van der Waals surface area contributed by atoms with Crippen LogP contribution in [0, 0.1) is 5.92 Å². The maximum absolute atomic E-state index is 12.5. The lowest BCUT2D eigenvalue weighted by Gasteiger charge is -2.21. The van der Waals surface area contributed by atoms with E-state index < -0.39 is 0 Å². The Morgan fingerprint density at radius 1 is 1.19 bits per heavy atom. The van der Waals surface area contributed by atoms with Crippen molar-refractivity contribution in [2.75, 3.05) is 5.73 Å². The third-order valence-electron chi connectivity index (χ3n) is 4.63. The van der Waals surface area contributed by atoms with E-state index in [0.717, 1.165) is 10.8 Å². The van der Waals surface area contributed by atoms with E-state index in [9.17, 15) is 4.79 Å². The van der Waals surface area contributed by atoms with Gasteiger partial charge in [0.15, 0.2) is 0 Å². The van der Waals surface area contributed by atoms with Crippen molar-refractivity contribution in [3.8, 4) is 0 Å². The number of amides is 1. The molecule has 3 rings (SSSR count). The van der Waals surface area contributed by atoms with Crippen molar-refractivity contribution >= 4 is 22.4 Å². The maximum Gasteiger partial charge on any atom is 0.253 e. The number of benzene rings is 2. The average Bonchev–Trinajstić information content (AvgIpc) is 3.00. The normalized spacial score (nSPS) is 17.0.